The quantitative estimate of drug-likeness (QED) is 0.189. The van der Waals surface area contributed by atoms with E-state index in [2.05, 4.69) is 5.32 Å². The monoisotopic (exact) mass is 451 g/mol. The molecule has 12 nitrogen and oxygen atoms in total. The fourth-order valence-corrected chi connectivity index (χ4v) is 2.43. The van der Waals surface area contributed by atoms with Gasteiger partial charge in [-0.05, 0) is 0 Å². The Morgan fingerprint density at radius 1 is 1.04 bits per heavy atom. The first-order chi connectivity index (χ1) is 12.2. The second-order valence-electron chi connectivity index (χ2n) is 4.88. The van der Waals surface area contributed by atoms with Gasteiger partial charge in [-0.1, -0.05) is 0 Å². The molecule has 0 aliphatic carbocycles. The summed E-state index contributed by atoms with van der Waals surface area (Å²) in [7, 11) is 0. The zero-order valence-corrected chi connectivity index (χ0v) is 16.5. The number of hydrogen-bond acceptors (Lipinski definition) is 6. The first-order valence-electron chi connectivity index (χ1n) is 7.09. The number of hydrogen-bond donors (Lipinski definition) is 7. The molecule has 152 valence electrons. The molecule has 1 rings (SSSR count). The average molecular weight is 451 g/mol. The second-order valence-corrected chi connectivity index (χ2v) is 8.24. The summed E-state index contributed by atoms with van der Waals surface area (Å²) in [5.74, 6) is -2.49. The molecule has 1 aromatic rings. The van der Waals surface area contributed by atoms with E-state index in [-0.39, 0.29) is 28.6 Å². The van der Waals surface area contributed by atoms with Crippen molar-refractivity contribution in [2.24, 2.45) is 11.5 Å². The Hall–Kier alpha value is -2.82. The van der Waals surface area contributed by atoms with Gasteiger partial charge >= 0.3 is 88.1 Å². The average Bonchev–Trinajstić information content (AvgIpc) is 2.46. The maximum Gasteiger partial charge on any atom is 0.300 e. The maximum atomic E-state index is 10.9. The van der Waals surface area contributed by atoms with Gasteiger partial charge < -0.3 is 16.6 Å². The number of phenols is 1. The summed E-state index contributed by atoms with van der Waals surface area (Å²) in [5.41, 5.74) is 9.38. The van der Waals surface area contributed by atoms with Gasteiger partial charge in [0.05, 0.1) is 0 Å². The number of anilines is 1. The molecule has 0 unspecified atom stereocenters. The van der Waals surface area contributed by atoms with E-state index < -0.39 is 37.9 Å². The van der Waals surface area contributed by atoms with Crippen LogP contribution >= 0.6 is 0 Å². The van der Waals surface area contributed by atoms with E-state index in [4.69, 9.17) is 29.6 Å². The van der Waals surface area contributed by atoms with E-state index in [1.54, 1.807) is 0 Å². The Morgan fingerprint density at radius 3 is 1.74 bits per heavy atom. The SMILES string of the molecule is CC(=O)Nc1cc([As](=O)(O)O)ccc1O.CC(=O)O.NC(=O)CCC(N)=O. The van der Waals surface area contributed by atoms with E-state index in [1.807, 2.05) is 0 Å². The molecular weight excluding hydrogens is 429 g/mol. The van der Waals surface area contributed by atoms with Crippen LogP contribution in [0.25, 0.3) is 0 Å². The van der Waals surface area contributed by atoms with Crippen LogP contribution in [0.2, 0.25) is 0 Å². The fraction of sp³-hybridized carbons (Fsp3) is 0.286. The number of carboxylic acids is 1. The van der Waals surface area contributed by atoms with Crippen LogP contribution in [0.1, 0.15) is 26.7 Å². The molecule has 0 aliphatic rings. The molecule has 0 saturated heterocycles. The van der Waals surface area contributed by atoms with Gasteiger partial charge in [-0.3, -0.25) is 14.4 Å². The van der Waals surface area contributed by atoms with Gasteiger partial charge in [0.2, 0.25) is 11.8 Å². The summed E-state index contributed by atoms with van der Waals surface area (Å²) < 4.78 is 28.6. The molecule has 0 aromatic heterocycles. The first-order valence-corrected chi connectivity index (χ1v) is 10.5. The smallest absolute Gasteiger partial charge is 0.300 e. The number of carbonyl (C=O) groups excluding carboxylic acids is 3. The van der Waals surface area contributed by atoms with Crippen LogP contribution in [0.5, 0.6) is 5.75 Å². The number of rotatable bonds is 5. The summed E-state index contributed by atoms with van der Waals surface area (Å²) in [5, 5.41) is 19.0. The number of benzene rings is 1. The largest absolute Gasteiger partial charge is 0.481 e. The minimum atomic E-state index is -4.98. The molecule has 9 N–H and O–H groups in total. The number of phenolic OH excluding ortho intramolecular Hbond substituents is 1. The Balaban J connectivity index is 0. The van der Waals surface area contributed by atoms with Crippen molar-refractivity contribution in [2.45, 2.75) is 26.7 Å². The zero-order chi connectivity index (χ0) is 21.8. The number of nitrogens with two attached hydrogens (primary N) is 2. The summed E-state index contributed by atoms with van der Waals surface area (Å²) in [6.45, 7) is 2.31. The molecule has 0 bridgehead atoms. The van der Waals surface area contributed by atoms with Crippen molar-refractivity contribution in [3.8, 4) is 5.75 Å². The molecule has 0 heterocycles. The maximum absolute atomic E-state index is 10.9. The van der Waals surface area contributed by atoms with E-state index in [9.17, 15) is 23.2 Å². The summed E-state index contributed by atoms with van der Waals surface area (Å²) in [6, 6.07) is 3.32. The van der Waals surface area contributed by atoms with Crippen molar-refractivity contribution >= 4 is 47.9 Å². The Kier molecular flexibility index (Phi) is 12.2. The number of carboxylic acid groups (broad SMARTS) is 1. The molecular formula is C14H22AsN3O9. The third-order valence-electron chi connectivity index (χ3n) is 2.24. The first kappa shape index (κ1) is 26.4. The van der Waals surface area contributed by atoms with E-state index in [0.29, 0.717) is 0 Å². The molecule has 13 heteroatoms. The number of nitrogens with one attached hydrogen (secondary N) is 1. The molecule has 0 fully saturated rings. The Morgan fingerprint density at radius 2 is 1.44 bits per heavy atom. The fourth-order valence-electron chi connectivity index (χ4n) is 1.24. The van der Waals surface area contributed by atoms with Crippen LogP contribution in [0, 0.1) is 0 Å². The van der Waals surface area contributed by atoms with Gasteiger partial charge in [0.15, 0.2) is 0 Å². The molecule has 3 amide bonds. The molecule has 0 spiro atoms. The van der Waals surface area contributed by atoms with E-state index in [0.717, 1.165) is 25.1 Å². The number of aromatic hydroxyl groups is 1. The number of carbonyl (C=O) groups is 4. The molecule has 0 radical (unpaired) electrons. The van der Waals surface area contributed by atoms with Crippen molar-refractivity contribution in [1.82, 2.24) is 0 Å². The number of primary amides is 2. The van der Waals surface area contributed by atoms with Crippen molar-refractivity contribution < 1.29 is 41.3 Å². The molecule has 1 aromatic carbocycles. The van der Waals surface area contributed by atoms with Crippen LogP contribution in [0.15, 0.2) is 18.2 Å². The van der Waals surface area contributed by atoms with Crippen molar-refractivity contribution in [3.05, 3.63) is 18.2 Å². The van der Waals surface area contributed by atoms with Crippen LogP contribution in [0.4, 0.5) is 5.69 Å². The van der Waals surface area contributed by atoms with Crippen LogP contribution in [0.3, 0.4) is 0 Å². The molecule has 0 aliphatic heterocycles. The molecule has 0 atom stereocenters. The molecule has 27 heavy (non-hydrogen) atoms. The third-order valence-corrected chi connectivity index (χ3v) is 4.24. The summed E-state index contributed by atoms with van der Waals surface area (Å²) in [4.78, 5) is 39.6. The predicted molar refractivity (Wildman–Crippen MR) is 93.9 cm³/mol. The topological polar surface area (TPSA) is 230 Å². The van der Waals surface area contributed by atoms with Crippen LogP contribution in [-0.4, -0.2) is 56.3 Å². The zero-order valence-electron chi connectivity index (χ0n) is 14.6. The van der Waals surface area contributed by atoms with E-state index >= 15 is 0 Å². The summed E-state index contributed by atoms with van der Waals surface area (Å²) in [6.07, 6.45) is 0.102. The van der Waals surface area contributed by atoms with Gasteiger partial charge in [-0.25, -0.2) is 0 Å². The molecule has 0 saturated carbocycles. The van der Waals surface area contributed by atoms with Crippen molar-refractivity contribution in [2.75, 3.05) is 5.32 Å². The van der Waals surface area contributed by atoms with E-state index in [1.165, 1.54) is 6.92 Å². The predicted octanol–water partition coefficient (Wildman–Crippen LogP) is -2.26. The number of amides is 3. The van der Waals surface area contributed by atoms with Gasteiger partial charge in [0, 0.05) is 19.8 Å². The van der Waals surface area contributed by atoms with Crippen molar-refractivity contribution in [1.29, 1.82) is 0 Å². The van der Waals surface area contributed by atoms with Gasteiger partial charge in [-0.2, -0.15) is 0 Å². The number of aliphatic carboxylic acids is 1. The van der Waals surface area contributed by atoms with Crippen LogP contribution < -0.4 is 21.1 Å². The second kappa shape index (κ2) is 12.5. The normalized spacial score (nSPS) is 9.63. The van der Waals surface area contributed by atoms with Gasteiger partial charge in [0.25, 0.3) is 5.97 Å². The minimum absolute atomic E-state index is 0.00951. The third kappa shape index (κ3) is 16.4. The summed E-state index contributed by atoms with van der Waals surface area (Å²) >= 11 is -4.98. The standard InChI is InChI=1S/C8H10AsNO5.C4H8N2O2.C2H4O2/c1-5(11)10-7-4-6(9(13,14)15)2-3-8(7)12;5-3(7)1-2-4(6)8;1-2(3)4/h2-4,12H,1H3,(H,10,11)(H2,13,14,15);1-2H2,(H2,5,7)(H2,6,8);1H3,(H,3,4). The van der Waals surface area contributed by atoms with Crippen LogP contribution in [-0.2, 0) is 22.9 Å². The van der Waals surface area contributed by atoms with Gasteiger partial charge in [-0.15, -0.1) is 0 Å². The van der Waals surface area contributed by atoms with Gasteiger partial charge in [0.1, 0.15) is 0 Å². The van der Waals surface area contributed by atoms with Crippen molar-refractivity contribution in [3.63, 3.8) is 0 Å². The minimum Gasteiger partial charge on any atom is -0.481 e. The Bertz CT molecular complexity index is 713. The Labute approximate surface area is 157 Å².